The third-order valence-electron chi connectivity index (χ3n) is 4.94. The molecule has 0 spiro atoms. The van der Waals surface area contributed by atoms with Crippen molar-refractivity contribution < 1.29 is 4.92 Å². The van der Waals surface area contributed by atoms with E-state index in [1.165, 1.54) is 6.07 Å². The smallest absolute Gasteiger partial charge is 0.276 e. The van der Waals surface area contributed by atoms with E-state index in [9.17, 15) is 10.1 Å². The van der Waals surface area contributed by atoms with Crippen molar-refractivity contribution in [2.45, 2.75) is 6.17 Å². The molecule has 0 radical (unpaired) electrons. The number of anilines is 1. The summed E-state index contributed by atoms with van der Waals surface area (Å²) in [6, 6.07) is 22.8. The van der Waals surface area contributed by atoms with Crippen LogP contribution in [-0.4, -0.2) is 14.5 Å². The second-order valence-corrected chi connectivity index (χ2v) is 6.60. The fraction of sp³-hybridized carbons (Fsp3) is 0.0455. The lowest BCUT2D eigenvalue weighted by molar-refractivity contribution is -0.385. The van der Waals surface area contributed by atoms with Crippen LogP contribution in [0.3, 0.4) is 0 Å². The lowest BCUT2D eigenvalue weighted by Gasteiger charge is -2.27. The summed E-state index contributed by atoms with van der Waals surface area (Å²) in [6.07, 6.45) is 3.52. The monoisotopic (exact) mass is 368 g/mol. The van der Waals surface area contributed by atoms with E-state index in [0.29, 0.717) is 5.56 Å². The number of nitro benzene ring substituents is 1. The molecule has 0 fully saturated rings. The highest BCUT2D eigenvalue weighted by Crippen LogP contribution is 2.38. The molecule has 2 heterocycles. The van der Waals surface area contributed by atoms with Crippen LogP contribution < -0.4 is 5.32 Å². The zero-order valence-electron chi connectivity index (χ0n) is 14.8. The molecule has 1 N–H and O–H groups in total. The first-order chi connectivity index (χ1) is 13.7. The van der Waals surface area contributed by atoms with Crippen LogP contribution in [0, 0.1) is 10.1 Å². The number of hydrogen-bond donors (Lipinski definition) is 1. The van der Waals surface area contributed by atoms with E-state index in [1.807, 2.05) is 54.6 Å². The van der Waals surface area contributed by atoms with Crippen molar-refractivity contribution in [2.75, 3.05) is 5.32 Å². The van der Waals surface area contributed by atoms with Gasteiger partial charge in [0.15, 0.2) is 0 Å². The van der Waals surface area contributed by atoms with E-state index in [1.54, 1.807) is 24.3 Å². The molecule has 0 bridgehead atoms. The molecule has 1 aromatic heterocycles. The van der Waals surface area contributed by atoms with Gasteiger partial charge in [0.05, 0.1) is 21.5 Å². The Labute approximate surface area is 160 Å². The third-order valence-corrected chi connectivity index (χ3v) is 4.94. The van der Waals surface area contributed by atoms with Crippen molar-refractivity contribution in [3.8, 4) is 11.4 Å². The van der Waals surface area contributed by atoms with Crippen molar-refractivity contribution in [2.24, 2.45) is 0 Å². The highest BCUT2D eigenvalue weighted by molar-refractivity contribution is 5.86. The van der Waals surface area contributed by atoms with Gasteiger partial charge >= 0.3 is 0 Å². The summed E-state index contributed by atoms with van der Waals surface area (Å²) in [5.41, 5.74) is 4.61. The molecule has 5 rings (SSSR count). The molecule has 0 saturated heterocycles. The predicted molar refractivity (Wildman–Crippen MR) is 110 cm³/mol. The zero-order chi connectivity index (χ0) is 19.1. The number of para-hydroxylation sites is 4. The van der Waals surface area contributed by atoms with Crippen LogP contribution in [-0.2, 0) is 0 Å². The molecule has 4 aromatic rings. The van der Waals surface area contributed by atoms with Crippen LogP contribution in [0.4, 0.5) is 11.4 Å². The fourth-order valence-corrected chi connectivity index (χ4v) is 3.67. The maximum atomic E-state index is 11.3. The maximum absolute atomic E-state index is 11.3. The summed E-state index contributed by atoms with van der Waals surface area (Å²) < 4.78 is 2.13. The number of aromatic nitrogens is 2. The van der Waals surface area contributed by atoms with Crippen molar-refractivity contribution in [1.82, 2.24) is 9.55 Å². The van der Waals surface area contributed by atoms with Gasteiger partial charge in [-0.25, -0.2) is 4.98 Å². The highest BCUT2D eigenvalue weighted by Gasteiger charge is 2.25. The van der Waals surface area contributed by atoms with Gasteiger partial charge in [-0.05, 0) is 42.5 Å². The first-order valence-corrected chi connectivity index (χ1v) is 8.97. The van der Waals surface area contributed by atoms with Gasteiger partial charge in [-0.1, -0.05) is 36.4 Å². The Hall–Kier alpha value is -3.93. The van der Waals surface area contributed by atoms with Gasteiger partial charge in [-0.2, -0.15) is 0 Å². The molecule has 0 aliphatic carbocycles. The van der Waals surface area contributed by atoms with E-state index in [4.69, 9.17) is 4.98 Å². The minimum Gasteiger partial charge on any atom is -0.361 e. The SMILES string of the molecule is O=[N+]([O-])c1ccccc1/C=C/C1Nc2ccccc2-c2nc3ccccc3n21. The van der Waals surface area contributed by atoms with Gasteiger partial charge in [0, 0.05) is 17.3 Å². The van der Waals surface area contributed by atoms with Gasteiger partial charge < -0.3 is 5.32 Å². The van der Waals surface area contributed by atoms with E-state index in [-0.39, 0.29) is 16.8 Å². The van der Waals surface area contributed by atoms with E-state index >= 15 is 0 Å². The molecule has 6 nitrogen and oxygen atoms in total. The lowest BCUT2D eigenvalue weighted by atomic mass is 10.1. The molecule has 6 heteroatoms. The number of nitrogens with zero attached hydrogens (tertiary/aromatic N) is 3. The average Bonchev–Trinajstić information content (AvgIpc) is 3.12. The molecule has 136 valence electrons. The molecule has 1 atom stereocenters. The number of fused-ring (bicyclic) bond motifs is 5. The Morgan fingerprint density at radius 1 is 1.00 bits per heavy atom. The summed E-state index contributed by atoms with van der Waals surface area (Å²) in [5.74, 6) is 0.882. The minimum atomic E-state index is -0.360. The quantitative estimate of drug-likeness (QED) is 0.396. The van der Waals surface area contributed by atoms with Gasteiger partial charge in [0.1, 0.15) is 12.0 Å². The van der Waals surface area contributed by atoms with Crippen LogP contribution in [0.5, 0.6) is 0 Å². The maximum Gasteiger partial charge on any atom is 0.276 e. The number of nitrogens with one attached hydrogen (secondary N) is 1. The summed E-state index contributed by atoms with van der Waals surface area (Å²) in [4.78, 5) is 15.8. The van der Waals surface area contributed by atoms with Crippen molar-refractivity contribution in [1.29, 1.82) is 0 Å². The van der Waals surface area contributed by atoms with Gasteiger partial charge in [0.2, 0.25) is 0 Å². The number of nitro groups is 1. The molecule has 1 aliphatic rings. The van der Waals surface area contributed by atoms with Crippen LogP contribution >= 0.6 is 0 Å². The number of hydrogen-bond acceptors (Lipinski definition) is 4. The van der Waals surface area contributed by atoms with Crippen LogP contribution in [0.25, 0.3) is 28.5 Å². The Balaban J connectivity index is 1.66. The highest BCUT2D eigenvalue weighted by atomic mass is 16.6. The molecule has 1 unspecified atom stereocenters. The number of rotatable bonds is 3. The number of benzene rings is 3. The largest absolute Gasteiger partial charge is 0.361 e. The summed E-state index contributed by atoms with van der Waals surface area (Å²) in [6.45, 7) is 0. The fourth-order valence-electron chi connectivity index (χ4n) is 3.67. The van der Waals surface area contributed by atoms with Crippen molar-refractivity contribution in [3.63, 3.8) is 0 Å². The van der Waals surface area contributed by atoms with Crippen molar-refractivity contribution in [3.05, 3.63) is 94.6 Å². The van der Waals surface area contributed by atoms with Gasteiger partial charge in [-0.15, -0.1) is 0 Å². The summed E-state index contributed by atoms with van der Waals surface area (Å²) >= 11 is 0. The second kappa shape index (κ2) is 6.35. The summed E-state index contributed by atoms with van der Waals surface area (Å²) in [7, 11) is 0. The number of imidazole rings is 1. The van der Waals surface area contributed by atoms with Gasteiger partial charge in [-0.3, -0.25) is 14.7 Å². The van der Waals surface area contributed by atoms with Crippen LogP contribution in [0.15, 0.2) is 78.9 Å². The second-order valence-electron chi connectivity index (χ2n) is 6.60. The predicted octanol–water partition coefficient (Wildman–Crippen LogP) is 5.25. The third kappa shape index (κ3) is 2.54. The normalized spacial score (nSPS) is 15.2. The molecule has 0 amide bonds. The molecule has 1 aliphatic heterocycles. The zero-order valence-corrected chi connectivity index (χ0v) is 14.8. The molecule has 3 aromatic carbocycles. The Bertz CT molecular complexity index is 1240. The Morgan fingerprint density at radius 2 is 1.75 bits per heavy atom. The Kier molecular flexibility index (Phi) is 3.69. The summed E-state index contributed by atoms with van der Waals surface area (Å²) in [5, 5.41) is 14.8. The van der Waals surface area contributed by atoms with E-state index < -0.39 is 0 Å². The molecular formula is C22H16N4O2. The average molecular weight is 368 g/mol. The van der Waals surface area contributed by atoms with Gasteiger partial charge in [0.25, 0.3) is 5.69 Å². The molecule has 28 heavy (non-hydrogen) atoms. The first kappa shape index (κ1) is 16.3. The van der Waals surface area contributed by atoms with Crippen LogP contribution in [0.1, 0.15) is 11.7 Å². The first-order valence-electron chi connectivity index (χ1n) is 8.97. The van der Waals surface area contributed by atoms with Crippen molar-refractivity contribution >= 4 is 28.5 Å². The lowest BCUT2D eigenvalue weighted by Crippen LogP contribution is -2.21. The topological polar surface area (TPSA) is 73.0 Å². The van der Waals surface area contributed by atoms with E-state index in [2.05, 4.69) is 9.88 Å². The van der Waals surface area contributed by atoms with Crippen LogP contribution in [0.2, 0.25) is 0 Å². The molecular weight excluding hydrogens is 352 g/mol. The van der Waals surface area contributed by atoms with E-state index in [0.717, 1.165) is 28.1 Å². The Morgan fingerprint density at radius 3 is 2.64 bits per heavy atom. The minimum absolute atomic E-state index is 0.0886. The molecule has 0 saturated carbocycles. The standard InChI is InChI=1S/C22H16N4O2/c27-26(28)19-11-5-1-7-15(19)13-14-21-23-17-9-3-2-8-16(17)22-24-18-10-4-6-12-20(18)25(21)22/h1-14,21,23H/b14-13+.